The van der Waals surface area contributed by atoms with Gasteiger partial charge < -0.3 is 10.2 Å². The van der Waals surface area contributed by atoms with Crippen LogP contribution in [0.25, 0.3) is 0 Å². The lowest BCUT2D eigenvalue weighted by atomic mass is 10.1. The van der Waals surface area contributed by atoms with E-state index in [2.05, 4.69) is 5.32 Å². The molecule has 0 fully saturated rings. The molecule has 138 valence electrons. The highest BCUT2D eigenvalue weighted by atomic mass is 19.2. The van der Waals surface area contributed by atoms with Gasteiger partial charge in [0.2, 0.25) is 5.91 Å². The summed E-state index contributed by atoms with van der Waals surface area (Å²) < 4.78 is 39.7. The highest BCUT2D eigenvalue weighted by Crippen LogP contribution is 2.14. The quantitative estimate of drug-likeness (QED) is 0.768. The largest absolute Gasteiger partial charge is 0.350 e. The lowest BCUT2D eigenvalue weighted by Crippen LogP contribution is -2.38. The van der Waals surface area contributed by atoms with Crippen LogP contribution >= 0.6 is 0 Å². The van der Waals surface area contributed by atoms with Gasteiger partial charge in [0.1, 0.15) is 0 Å². The molecule has 0 aromatic heterocycles. The fourth-order valence-electron chi connectivity index (χ4n) is 2.44. The summed E-state index contributed by atoms with van der Waals surface area (Å²) in [6, 6.07) is 11.2. The number of hydrogen-bond donors (Lipinski definition) is 1. The summed E-state index contributed by atoms with van der Waals surface area (Å²) >= 11 is 0. The Bertz CT molecular complexity index is 782. The molecular formula is C19H19F3N2O2. The van der Waals surface area contributed by atoms with Crippen molar-refractivity contribution in [1.29, 1.82) is 0 Å². The van der Waals surface area contributed by atoms with Crippen LogP contribution in [0.2, 0.25) is 0 Å². The van der Waals surface area contributed by atoms with Crippen molar-refractivity contribution in [3.8, 4) is 0 Å². The molecule has 0 aliphatic heterocycles. The first kappa shape index (κ1) is 19.5. The van der Waals surface area contributed by atoms with Gasteiger partial charge in [-0.3, -0.25) is 9.59 Å². The van der Waals surface area contributed by atoms with Gasteiger partial charge in [0.25, 0.3) is 5.91 Å². The zero-order valence-electron chi connectivity index (χ0n) is 14.3. The number of nitrogens with zero attached hydrogens (tertiary/aromatic N) is 1. The van der Waals surface area contributed by atoms with Crippen LogP contribution in [0.15, 0.2) is 42.5 Å². The average Bonchev–Trinajstić information content (AvgIpc) is 2.63. The number of carbonyl (C=O) groups excluding carboxylic acids is 2. The third-order valence-electron chi connectivity index (χ3n) is 3.91. The van der Waals surface area contributed by atoms with Gasteiger partial charge in [-0.1, -0.05) is 30.3 Å². The number of carbonyl (C=O) groups is 2. The second-order valence-electron chi connectivity index (χ2n) is 5.72. The Hall–Kier alpha value is -2.83. The molecule has 2 aromatic carbocycles. The van der Waals surface area contributed by atoms with Crippen LogP contribution in [0.4, 0.5) is 13.2 Å². The molecule has 0 heterocycles. The van der Waals surface area contributed by atoms with Gasteiger partial charge in [0.05, 0.1) is 5.56 Å². The van der Waals surface area contributed by atoms with Crippen molar-refractivity contribution in [1.82, 2.24) is 10.2 Å². The number of rotatable bonds is 7. The third-order valence-corrected chi connectivity index (χ3v) is 3.91. The van der Waals surface area contributed by atoms with E-state index in [1.54, 1.807) is 4.90 Å². The van der Waals surface area contributed by atoms with Gasteiger partial charge in [0.15, 0.2) is 17.5 Å². The van der Waals surface area contributed by atoms with E-state index in [9.17, 15) is 22.8 Å². The summed E-state index contributed by atoms with van der Waals surface area (Å²) in [5.41, 5.74) is 0.495. The standard InChI is InChI=1S/C19H19F3N2O2/c1-13(25)24(11-9-14-5-3-2-4-6-14)12-10-23-19(26)15-7-8-16(20)18(22)17(15)21/h2-8H,9-12H2,1H3,(H,23,26). The Morgan fingerprint density at radius 3 is 2.31 bits per heavy atom. The molecule has 0 spiro atoms. The number of halogens is 3. The molecule has 4 nitrogen and oxygen atoms in total. The molecule has 0 aliphatic carbocycles. The van der Waals surface area contributed by atoms with E-state index in [4.69, 9.17) is 0 Å². The number of hydrogen-bond acceptors (Lipinski definition) is 2. The van der Waals surface area contributed by atoms with E-state index in [0.717, 1.165) is 11.6 Å². The predicted molar refractivity (Wildman–Crippen MR) is 91.0 cm³/mol. The summed E-state index contributed by atoms with van der Waals surface area (Å²) in [5.74, 6) is -5.61. The molecule has 2 rings (SSSR count). The molecule has 7 heteroatoms. The maximum absolute atomic E-state index is 13.6. The fourth-order valence-corrected chi connectivity index (χ4v) is 2.44. The number of benzene rings is 2. The average molecular weight is 364 g/mol. The van der Waals surface area contributed by atoms with Gasteiger partial charge in [-0.05, 0) is 24.1 Å². The first-order valence-corrected chi connectivity index (χ1v) is 8.11. The van der Waals surface area contributed by atoms with E-state index in [0.29, 0.717) is 19.0 Å². The summed E-state index contributed by atoms with van der Waals surface area (Å²) in [4.78, 5) is 25.2. The molecule has 0 saturated heterocycles. The van der Waals surface area contributed by atoms with Crippen molar-refractivity contribution in [2.24, 2.45) is 0 Å². The topological polar surface area (TPSA) is 49.4 Å². The van der Waals surface area contributed by atoms with Crippen molar-refractivity contribution in [3.63, 3.8) is 0 Å². The first-order valence-electron chi connectivity index (χ1n) is 8.11. The number of nitrogens with one attached hydrogen (secondary N) is 1. The molecule has 1 N–H and O–H groups in total. The van der Waals surface area contributed by atoms with E-state index >= 15 is 0 Å². The lowest BCUT2D eigenvalue weighted by molar-refractivity contribution is -0.128. The number of amides is 2. The molecule has 2 amide bonds. The van der Waals surface area contributed by atoms with Crippen molar-refractivity contribution in [2.45, 2.75) is 13.3 Å². The lowest BCUT2D eigenvalue weighted by Gasteiger charge is -2.21. The molecule has 26 heavy (non-hydrogen) atoms. The van der Waals surface area contributed by atoms with Crippen molar-refractivity contribution >= 4 is 11.8 Å². The Kier molecular flexibility index (Phi) is 6.77. The van der Waals surface area contributed by atoms with E-state index in [1.165, 1.54) is 6.92 Å². The second-order valence-corrected chi connectivity index (χ2v) is 5.72. The Morgan fingerprint density at radius 2 is 1.65 bits per heavy atom. The SMILES string of the molecule is CC(=O)N(CCNC(=O)c1ccc(F)c(F)c1F)CCc1ccccc1. The maximum atomic E-state index is 13.6. The summed E-state index contributed by atoms with van der Waals surface area (Å²) in [6.45, 7) is 2.17. The molecule has 0 bridgehead atoms. The monoisotopic (exact) mass is 364 g/mol. The molecular weight excluding hydrogens is 345 g/mol. The van der Waals surface area contributed by atoms with E-state index in [1.807, 2.05) is 30.3 Å². The van der Waals surface area contributed by atoms with Crippen LogP contribution in [0, 0.1) is 17.5 Å². The predicted octanol–water partition coefficient (Wildman–Crippen LogP) is 2.92. The minimum atomic E-state index is -1.69. The van der Waals surface area contributed by atoms with E-state index < -0.39 is 28.9 Å². The van der Waals surface area contributed by atoms with Gasteiger partial charge in [-0.25, -0.2) is 13.2 Å². The zero-order chi connectivity index (χ0) is 19.1. The van der Waals surface area contributed by atoms with Crippen molar-refractivity contribution < 1.29 is 22.8 Å². The Morgan fingerprint density at radius 1 is 0.962 bits per heavy atom. The molecule has 0 radical (unpaired) electrons. The maximum Gasteiger partial charge on any atom is 0.254 e. The first-order chi connectivity index (χ1) is 12.4. The van der Waals surface area contributed by atoms with Crippen molar-refractivity contribution in [3.05, 3.63) is 71.0 Å². The fraction of sp³-hybridized carbons (Fsp3) is 0.263. The molecule has 0 saturated carbocycles. The second kappa shape index (κ2) is 9.03. The highest BCUT2D eigenvalue weighted by molar-refractivity contribution is 5.94. The van der Waals surface area contributed by atoms with Crippen LogP contribution in [0.3, 0.4) is 0 Å². The summed E-state index contributed by atoms with van der Waals surface area (Å²) in [7, 11) is 0. The molecule has 0 atom stereocenters. The molecule has 0 unspecified atom stereocenters. The minimum Gasteiger partial charge on any atom is -0.350 e. The summed E-state index contributed by atoms with van der Waals surface area (Å²) in [6.07, 6.45) is 0.659. The summed E-state index contributed by atoms with van der Waals surface area (Å²) in [5, 5.41) is 2.41. The normalized spacial score (nSPS) is 10.5. The van der Waals surface area contributed by atoms with Crippen LogP contribution in [-0.4, -0.2) is 36.3 Å². The highest BCUT2D eigenvalue weighted by Gasteiger charge is 2.18. The van der Waals surface area contributed by atoms with Crippen LogP contribution in [0.1, 0.15) is 22.8 Å². The smallest absolute Gasteiger partial charge is 0.254 e. The van der Waals surface area contributed by atoms with Crippen LogP contribution in [0.5, 0.6) is 0 Å². The molecule has 0 aliphatic rings. The van der Waals surface area contributed by atoms with Crippen molar-refractivity contribution in [2.75, 3.05) is 19.6 Å². The Balaban J connectivity index is 1.88. The van der Waals surface area contributed by atoms with Gasteiger partial charge in [-0.15, -0.1) is 0 Å². The molecule has 2 aromatic rings. The Labute approximate surface area is 149 Å². The van der Waals surface area contributed by atoms with Crippen LogP contribution in [-0.2, 0) is 11.2 Å². The minimum absolute atomic E-state index is 0.0611. The van der Waals surface area contributed by atoms with E-state index in [-0.39, 0.29) is 19.0 Å². The van der Waals surface area contributed by atoms with Gasteiger partial charge in [-0.2, -0.15) is 0 Å². The van der Waals surface area contributed by atoms with Gasteiger partial charge >= 0.3 is 0 Å². The van der Waals surface area contributed by atoms with Gasteiger partial charge in [0, 0.05) is 26.6 Å². The van der Waals surface area contributed by atoms with Crippen LogP contribution < -0.4 is 5.32 Å². The zero-order valence-corrected chi connectivity index (χ0v) is 14.3. The third kappa shape index (κ3) is 5.08.